The van der Waals surface area contributed by atoms with Crippen molar-refractivity contribution in [3.8, 4) is 5.75 Å². The molecule has 0 saturated heterocycles. The minimum Gasteiger partial charge on any atom is -0.484 e. The Morgan fingerprint density at radius 2 is 1.96 bits per heavy atom. The van der Waals surface area contributed by atoms with Gasteiger partial charge in [0.15, 0.2) is 12.4 Å². The van der Waals surface area contributed by atoms with E-state index in [4.69, 9.17) is 15.0 Å². The van der Waals surface area contributed by atoms with E-state index < -0.39 is 6.04 Å². The van der Waals surface area contributed by atoms with E-state index in [1.807, 2.05) is 20.8 Å². The molecule has 2 aromatic rings. The van der Waals surface area contributed by atoms with Crippen LogP contribution in [-0.2, 0) is 11.4 Å². The smallest absolute Gasteiger partial charge is 0.264 e. The number of nitrogens with one attached hydrogen (secondary N) is 1. The van der Waals surface area contributed by atoms with Crippen LogP contribution in [0.3, 0.4) is 0 Å². The average Bonchev–Trinajstić information content (AvgIpc) is 2.90. The van der Waals surface area contributed by atoms with Crippen LogP contribution in [0.5, 0.6) is 5.75 Å². The molecule has 0 aliphatic heterocycles. The molecule has 2 rings (SSSR count). The second-order valence-electron chi connectivity index (χ2n) is 6.38. The Kier molecular flexibility index (Phi) is 6.74. The number of rotatable bonds is 5. The third-order valence-corrected chi connectivity index (χ3v) is 3.27. The van der Waals surface area contributed by atoms with E-state index in [0.29, 0.717) is 23.2 Å². The monoisotopic (exact) mass is 354 g/mol. The molecule has 0 unspecified atom stereocenters. The van der Waals surface area contributed by atoms with Crippen molar-refractivity contribution in [2.45, 2.75) is 40.3 Å². The van der Waals surface area contributed by atoms with Crippen LogP contribution in [0.25, 0.3) is 0 Å². The summed E-state index contributed by atoms with van der Waals surface area (Å²) < 4.78 is 10.5. The van der Waals surface area contributed by atoms with Gasteiger partial charge in [-0.2, -0.15) is 4.98 Å². The maximum Gasteiger partial charge on any atom is 0.264 e. The van der Waals surface area contributed by atoms with Gasteiger partial charge in [-0.1, -0.05) is 25.9 Å². The lowest BCUT2D eigenvalue weighted by Gasteiger charge is -2.25. The Morgan fingerprint density at radius 1 is 1.33 bits per heavy atom. The van der Waals surface area contributed by atoms with Crippen molar-refractivity contribution in [3.63, 3.8) is 0 Å². The van der Waals surface area contributed by atoms with E-state index >= 15 is 0 Å². The summed E-state index contributed by atoms with van der Waals surface area (Å²) in [5.41, 5.74) is 6.29. The van der Waals surface area contributed by atoms with Gasteiger partial charge < -0.3 is 20.3 Å². The molecule has 0 fully saturated rings. The number of nitrogens with zero attached hydrogens (tertiary/aromatic N) is 2. The second kappa shape index (κ2) is 8.12. The summed E-state index contributed by atoms with van der Waals surface area (Å²) in [6.45, 7) is 7.71. The predicted molar refractivity (Wildman–Crippen MR) is 93.1 cm³/mol. The zero-order chi connectivity index (χ0) is 17.0. The Hall–Kier alpha value is -2.12. The van der Waals surface area contributed by atoms with Crippen molar-refractivity contribution in [3.05, 3.63) is 36.0 Å². The lowest BCUT2D eigenvalue weighted by atomic mass is 9.87. The van der Waals surface area contributed by atoms with Crippen LogP contribution in [0, 0.1) is 12.3 Å². The largest absolute Gasteiger partial charge is 0.484 e. The molecular formula is C16H23ClN4O3. The zero-order valence-corrected chi connectivity index (χ0v) is 15.0. The molecule has 0 spiro atoms. The van der Waals surface area contributed by atoms with Crippen molar-refractivity contribution in [2.75, 3.05) is 5.32 Å². The first kappa shape index (κ1) is 19.9. The molecule has 7 nitrogen and oxygen atoms in total. The van der Waals surface area contributed by atoms with Crippen molar-refractivity contribution in [1.82, 2.24) is 10.1 Å². The van der Waals surface area contributed by atoms with Gasteiger partial charge in [0, 0.05) is 5.69 Å². The van der Waals surface area contributed by atoms with E-state index in [0.717, 1.165) is 0 Å². The van der Waals surface area contributed by atoms with E-state index in [-0.39, 0.29) is 30.3 Å². The number of aryl methyl sites for hydroxylation is 1. The van der Waals surface area contributed by atoms with Crippen LogP contribution in [0.4, 0.5) is 5.69 Å². The van der Waals surface area contributed by atoms with Crippen LogP contribution in [0.2, 0.25) is 0 Å². The summed E-state index contributed by atoms with van der Waals surface area (Å²) >= 11 is 0. The fourth-order valence-electron chi connectivity index (χ4n) is 1.79. The minimum atomic E-state index is -0.584. The van der Waals surface area contributed by atoms with Gasteiger partial charge in [-0.25, -0.2) is 0 Å². The molecule has 0 bridgehead atoms. The molecule has 3 N–H and O–H groups in total. The Labute approximate surface area is 147 Å². The molecule has 0 radical (unpaired) electrons. The number of carbonyl (C=O) groups excluding carboxylic acids is 1. The van der Waals surface area contributed by atoms with E-state index in [1.54, 1.807) is 31.2 Å². The van der Waals surface area contributed by atoms with Crippen molar-refractivity contribution in [1.29, 1.82) is 0 Å². The molecule has 1 atom stereocenters. The predicted octanol–water partition coefficient (Wildman–Crippen LogP) is 2.69. The van der Waals surface area contributed by atoms with Gasteiger partial charge >= 0.3 is 0 Å². The first-order chi connectivity index (χ1) is 10.8. The van der Waals surface area contributed by atoms with Crippen LogP contribution in [-0.4, -0.2) is 22.1 Å². The van der Waals surface area contributed by atoms with Gasteiger partial charge in [0.1, 0.15) is 5.75 Å². The first-order valence-corrected chi connectivity index (χ1v) is 7.34. The highest BCUT2D eigenvalue weighted by Gasteiger charge is 2.27. The van der Waals surface area contributed by atoms with Crippen molar-refractivity contribution < 1.29 is 14.1 Å². The average molecular weight is 355 g/mol. The fraction of sp³-hybridized carbons (Fsp3) is 0.438. The molecule has 24 heavy (non-hydrogen) atoms. The molecule has 1 aromatic carbocycles. The third kappa shape index (κ3) is 5.50. The molecule has 1 heterocycles. The van der Waals surface area contributed by atoms with Gasteiger partial charge in [-0.05, 0) is 36.6 Å². The molecule has 0 saturated carbocycles. The van der Waals surface area contributed by atoms with Crippen LogP contribution >= 0.6 is 12.4 Å². The van der Waals surface area contributed by atoms with Gasteiger partial charge in [0.05, 0.1) is 6.04 Å². The lowest BCUT2D eigenvalue weighted by Crippen LogP contribution is -2.45. The number of aromatic nitrogens is 2. The number of carbonyl (C=O) groups is 1. The third-order valence-electron chi connectivity index (χ3n) is 3.27. The standard InChI is InChI=1S/C16H22N4O3.ClH/c1-10-18-13(23-20-10)9-22-12-7-5-11(6-8-12)19-15(21)14(17)16(2,3)4;/h5-8,14H,9,17H2,1-4H3,(H,19,21);1H/t14-;/m1./s1. The van der Waals surface area contributed by atoms with Gasteiger partial charge in [-0.3, -0.25) is 4.79 Å². The van der Waals surface area contributed by atoms with E-state index in [9.17, 15) is 4.79 Å². The fourth-order valence-corrected chi connectivity index (χ4v) is 1.79. The van der Waals surface area contributed by atoms with Crippen LogP contribution < -0.4 is 15.8 Å². The number of halogens is 1. The van der Waals surface area contributed by atoms with E-state index in [1.165, 1.54) is 0 Å². The summed E-state index contributed by atoms with van der Waals surface area (Å²) in [5.74, 6) is 1.40. The molecule has 1 amide bonds. The van der Waals surface area contributed by atoms with Gasteiger partial charge in [0.2, 0.25) is 5.91 Å². The highest BCUT2D eigenvalue weighted by Crippen LogP contribution is 2.20. The summed E-state index contributed by atoms with van der Waals surface area (Å²) in [7, 11) is 0. The number of hydrogen-bond acceptors (Lipinski definition) is 6. The summed E-state index contributed by atoms with van der Waals surface area (Å²) in [6.07, 6.45) is 0. The normalized spacial score (nSPS) is 12.2. The molecule has 132 valence electrons. The number of nitrogens with two attached hydrogens (primary N) is 1. The molecular weight excluding hydrogens is 332 g/mol. The highest BCUT2D eigenvalue weighted by atomic mass is 35.5. The zero-order valence-electron chi connectivity index (χ0n) is 14.2. The van der Waals surface area contributed by atoms with Crippen LogP contribution in [0.15, 0.2) is 28.8 Å². The van der Waals surface area contributed by atoms with Crippen molar-refractivity contribution in [2.24, 2.45) is 11.1 Å². The molecule has 0 aliphatic carbocycles. The minimum absolute atomic E-state index is 0. The van der Waals surface area contributed by atoms with Gasteiger partial charge in [-0.15, -0.1) is 12.4 Å². The number of hydrogen-bond donors (Lipinski definition) is 2. The number of ether oxygens (including phenoxy) is 1. The SMILES string of the molecule is Cc1noc(COc2ccc(NC(=O)[C@@H](N)C(C)(C)C)cc2)n1.Cl. The summed E-state index contributed by atoms with van der Waals surface area (Å²) in [6, 6.07) is 6.42. The lowest BCUT2D eigenvalue weighted by molar-refractivity contribution is -0.119. The quantitative estimate of drug-likeness (QED) is 0.855. The Morgan fingerprint density at radius 3 is 2.46 bits per heavy atom. The van der Waals surface area contributed by atoms with Crippen molar-refractivity contribution >= 4 is 24.0 Å². The number of amides is 1. The molecule has 1 aromatic heterocycles. The maximum absolute atomic E-state index is 12.1. The molecule has 8 heteroatoms. The Bertz CT molecular complexity index is 665. The topological polar surface area (TPSA) is 103 Å². The number of benzene rings is 1. The summed E-state index contributed by atoms with van der Waals surface area (Å²) in [4.78, 5) is 16.1. The maximum atomic E-state index is 12.1. The summed E-state index contributed by atoms with van der Waals surface area (Å²) in [5, 5.41) is 6.48. The van der Waals surface area contributed by atoms with E-state index in [2.05, 4.69) is 15.5 Å². The number of anilines is 1. The highest BCUT2D eigenvalue weighted by molar-refractivity contribution is 5.95. The van der Waals surface area contributed by atoms with Gasteiger partial charge in [0.25, 0.3) is 5.89 Å². The molecule has 0 aliphatic rings. The Balaban J connectivity index is 0.00000288. The first-order valence-electron chi connectivity index (χ1n) is 7.34. The second-order valence-corrected chi connectivity index (χ2v) is 6.38. The van der Waals surface area contributed by atoms with Crippen LogP contribution in [0.1, 0.15) is 32.5 Å².